The van der Waals surface area contributed by atoms with E-state index >= 15 is 0 Å². The van der Waals surface area contributed by atoms with Crippen molar-refractivity contribution in [1.82, 2.24) is 0 Å². The smallest absolute Gasteiger partial charge is 0.142 e. The molecule has 0 saturated heterocycles. The van der Waals surface area contributed by atoms with Crippen molar-refractivity contribution in [3.63, 3.8) is 0 Å². The Morgan fingerprint density at radius 2 is 2.05 bits per heavy atom. The van der Waals surface area contributed by atoms with Crippen molar-refractivity contribution in [3.8, 4) is 5.75 Å². The van der Waals surface area contributed by atoms with Gasteiger partial charge in [0.05, 0.1) is 12.3 Å². The lowest BCUT2D eigenvalue weighted by Crippen LogP contribution is -2.18. The summed E-state index contributed by atoms with van der Waals surface area (Å²) in [5.74, 6) is 0.944. The van der Waals surface area contributed by atoms with Gasteiger partial charge >= 0.3 is 0 Å². The van der Waals surface area contributed by atoms with Crippen LogP contribution in [0.4, 0.5) is 11.4 Å². The Hall–Kier alpha value is -1.52. The summed E-state index contributed by atoms with van der Waals surface area (Å²) in [5.41, 5.74) is 9.17. The summed E-state index contributed by atoms with van der Waals surface area (Å²) < 4.78 is 6.86. The van der Waals surface area contributed by atoms with Gasteiger partial charge in [0.15, 0.2) is 0 Å². The van der Waals surface area contributed by atoms with E-state index in [4.69, 9.17) is 10.5 Å². The molecule has 0 fully saturated rings. The van der Waals surface area contributed by atoms with E-state index in [9.17, 15) is 0 Å². The molecule has 0 aliphatic carbocycles. The van der Waals surface area contributed by atoms with Gasteiger partial charge < -0.3 is 15.4 Å². The third-order valence-corrected chi connectivity index (χ3v) is 3.89. The second-order valence-electron chi connectivity index (χ2n) is 4.84. The minimum Gasteiger partial charge on any atom is -0.491 e. The number of hydrogen-bond donors (Lipinski definition) is 1. The van der Waals surface area contributed by atoms with Crippen LogP contribution in [0.25, 0.3) is 0 Å². The van der Waals surface area contributed by atoms with Crippen molar-refractivity contribution in [1.29, 1.82) is 0 Å². The zero-order chi connectivity index (χ0) is 13.9. The van der Waals surface area contributed by atoms with Crippen LogP contribution in [0.5, 0.6) is 5.75 Å². The quantitative estimate of drug-likeness (QED) is 0.908. The maximum absolute atomic E-state index is 5.81. The van der Waals surface area contributed by atoms with Crippen molar-refractivity contribution in [2.24, 2.45) is 5.73 Å². The Morgan fingerprint density at radius 3 is 2.90 bits per heavy atom. The third-order valence-electron chi connectivity index (χ3n) is 3.43. The van der Waals surface area contributed by atoms with Gasteiger partial charge in [-0.25, -0.2) is 0 Å². The van der Waals surface area contributed by atoms with Gasteiger partial charge in [-0.1, -0.05) is 28.1 Å². The van der Waals surface area contributed by atoms with Crippen LogP contribution in [0.15, 0.2) is 46.9 Å². The average Bonchev–Trinajstić information content (AvgIpc) is 2.69. The van der Waals surface area contributed by atoms with Gasteiger partial charge in [0, 0.05) is 23.2 Å². The zero-order valence-corrected chi connectivity index (χ0v) is 12.8. The molecule has 0 unspecified atom stereocenters. The molecule has 1 aliphatic rings. The number of para-hydroxylation sites is 2. The van der Waals surface area contributed by atoms with Gasteiger partial charge in [0.1, 0.15) is 5.75 Å². The molecule has 3 nitrogen and oxygen atoms in total. The molecule has 0 radical (unpaired) electrons. The number of benzene rings is 2. The molecule has 2 aromatic rings. The van der Waals surface area contributed by atoms with Gasteiger partial charge in [-0.2, -0.15) is 0 Å². The lowest BCUT2D eigenvalue weighted by molar-refractivity contribution is 0.322. The van der Waals surface area contributed by atoms with Gasteiger partial charge in [-0.05, 0) is 42.3 Å². The topological polar surface area (TPSA) is 38.5 Å². The predicted molar refractivity (Wildman–Crippen MR) is 85.6 cm³/mol. The fraction of sp³-hybridized carbons (Fsp3) is 0.250. The van der Waals surface area contributed by atoms with Gasteiger partial charge in [-0.3, -0.25) is 0 Å². The molecule has 0 atom stereocenters. The standard InChI is InChI=1S/C16H17BrN2O/c17-13-8-12(11-18)9-14(10-13)19-6-3-7-20-16-5-2-1-4-15(16)19/h1-2,4-5,8-10H,3,6-7,11,18H2. The summed E-state index contributed by atoms with van der Waals surface area (Å²) >= 11 is 3.57. The Kier molecular flexibility index (Phi) is 3.94. The summed E-state index contributed by atoms with van der Waals surface area (Å²) in [6.45, 7) is 2.24. The molecule has 104 valence electrons. The fourth-order valence-corrected chi connectivity index (χ4v) is 3.03. The second kappa shape index (κ2) is 5.85. The Morgan fingerprint density at radius 1 is 1.20 bits per heavy atom. The summed E-state index contributed by atoms with van der Waals surface area (Å²) in [6.07, 6.45) is 0.999. The Bertz CT molecular complexity index is 615. The van der Waals surface area contributed by atoms with E-state index in [1.165, 1.54) is 0 Å². The number of rotatable bonds is 2. The van der Waals surface area contributed by atoms with Crippen LogP contribution in [0.1, 0.15) is 12.0 Å². The van der Waals surface area contributed by atoms with Gasteiger partial charge in [-0.15, -0.1) is 0 Å². The van der Waals surface area contributed by atoms with E-state index < -0.39 is 0 Å². The first-order valence-electron chi connectivity index (χ1n) is 6.77. The number of nitrogens with two attached hydrogens (primary N) is 1. The first kappa shape index (κ1) is 13.5. The molecular weight excluding hydrogens is 316 g/mol. The van der Waals surface area contributed by atoms with E-state index in [-0.39, 0.29) is 0 Å². The summed E-state index contributed by atoms with van der Waals surface area (Å²) in [5, 5.41) is 0. The maximum Gasteiger partial charge on any atom is 0.142 e. The molecule has 0 spiro atoms. The average molecular weight is 333 g/mol. The molecule has 2 N–H and O–H groups in total. The number of hydrogen-bond acceptors (Lipinski definition) is 3. The van der Waals surface area contributed by atoms with Crippen molar-refractivity contribution in [3.05, 3.63) is 52.5 Å². The lowest BCUT2D eigenvalue weighted by atomic mass is 10.1. The highest BCUT2D eigenvalue weighted by atomic mass is 79.9. The SMILES string of the molecule is NCc1cc(Br)cc(N2CCCOc3ccccc32)c1. The molecule has 0 bridgehead atoms. The monoisotopic (exact) mass is 332 g/mol. The fourth-order valence-electron chi connectivity index (χ4n) is 2.50. The van der Waals surface area contributed by atoms with Crippen LogP contribution in [0.2, 0.25) is 0 Å². The molecule has 2 aromatic carbocycles. The van der Waals surface area contributed by atoms with E-state index in [0.717, 1.165) is 46.7 Å². The molecule has 4 heteroatoms. The molecule has 0 amide bonds. The van der Waals surface area contributed by atoms with Crippen LogP contribution in [0, 0.1) is 0 Å². The first-order valence-corrected chi connectivity index (χ1v) is 7.56. The first-order chi connectivity index (χ1) is 9.78. The molecule has 0 saturated carbocycles. The van der Waals surface area contributed by atoms with Crippen LogP contribution >= 0.6 is 15.9 Å². The normalized spacial score (nSPS) is 14.4. The van der Waals surface area contributed by atoms with Crippen molar-refractivity contribution in [2.75, 3.05) is 18.1 Å². The van der Waals surface area contributed by atoms with Crippen LogP contribution in [-0.2, 0) is 6.54 Å². The molecule has 0 aromatic heterocycles. The molecule has 3 rings (SSSR count). The van der Waals surface area contributed by atoms with Crippen molar-refractivity contribution in [2.45, 2.75) is 13.0 Å². The Balaban J connectivity index is 2.07. The van der Waals surface area contributed by atoms with Gasteiger partial charge in [0.25, 0.3) is 0 Å². The van der Waals surface area contributed by atoms with Crippen LogP contribution in [0.3, 0.4) is 0 Å². The number of anilines is 2. The molecule has 1 heterocycles. The summed E-state index contributed by atoms with van der Waals surface area (Å²) in [4.78, 5) is 2.30. The highest BCUT2D eigenvalue weighted by molar-refractivity contribution is 9.10. The minimum absolute atomic E-state index is 0.540. The van der Waals surface area contributed by atoms with Gasteiger partial charge in [0.2, 0.25) is 0 Å². The third kappa shape index (κ3) is 2.67. The molecule has 20 heavy (non-hydrogen) atoms. The maximum atomic E-state index is 5.81. The highest BCUT2D eigenvalue weighted by Gasteiger charge is 2.17. The number of fused-ring (bicyclic) bond motifs is 1. The molecular formula is C16H17BrN2O. The Labute approximate surface area is 127 Å². The number of nitrogens with zero attached hydrogens (tertiary/aromatic N) is 1. The van der Waals surface area contributed by atoms with E-state index in [1.807, 2.05) is 18.2 Å². The van der Waals surface area contributed by atoms with Crippen LogP contribution < -0.4 is 15.4 Å². The van der Waals surface area contributed by atoms with E-state index in [2.05, 4.69) is 45.1 Å². The van der Waals surface area contributed by atoms with Crippen molar-refractivity contribution >= 4 is 27.3 Å². The summed E-state index contributed by atoms with van der Waals surface area (Å²) in [6, 6.07) is 14.5. The van der Waals surface area contributed by atoms with E-state index in [0.29, 0.717) is 6.54 Å². The zero-order valence-electron chi connectivity index (χ0n) is 11.2. The van der Waals surface area contributed by atoms with Crippen molar-refractivity contribution < 1.29 is 4.74 Å². The minimum atomic E-state index is 0.540. The number of ether oxygens (including phenoxy) is 1. The number of halogens is 1. The largest absolute Gasteiger partial charge is 0.491 e. The molecule has 1 aliphatic heterocycles. The lowest BCUT2D eigenvalue weighted by Gasteiger charge is -2.24. The predicted octanol–water partition coefficient (Wildman–Crippen LogP) is 3.83. The highest BCUT2D eigenvalue weighted by Crippen LogP contribution is 2.37. The van der Waals surface area contributed by atoms with Crippen LogP contribution in [-0.4, -0.2) is 13.2 Å². The van der Waals surface area contributed by atoms with E-state index in [1.54, 1.807) is 0 Å². The summed E-state index contributed by atoms with van der Waals surface area (Å²) in [7, 11) is 0. The second-order valence-corrected chi connectivity index (χ2v) is 5.76.